The van der Waals surface area contributed by atoms with Crippen LogP contribution in [-0.2, 0) is 6.42 Å². The van der Waals surface area contributed by atoms with Gasteiger partial charge in [0.25, 0.3) is 0 Å². The molecule has 1 unspecified atom stereocenters. The lowest BCUT2D eigenvalue weighted by Gasteiger charge is -2.19. The summed E-state index contributed by atoms with van der Waals surface area (Å²) in [7, 11) is 1.80. The van der Waals surface area contributed by atoms with Gasteiger partial charge in [0.1, 0.15) is 11.6 Å². The fraction of sp³-hybridized carbons (Fsp3) is 0.250. The molecule has 0 spiro atoms. The van der Waals surface area contributed by atoms with E-state index in [0.29, 0.717) is 17.0 Å². The highest BCUT2D eigenvalue weighted by Gasteiger charge is 2.15. The van der Waals surface area contributed by atoms with Crippen molar-refractivity contribution in [3.05, 3.63) is 69.7 Å². The first kappa shape index (κ1) is 14.9. The summed E-state index contributed by atoms with van der Waals surface area (Å²) in [5.41, 5.74) is 2.51. The average Bonchev–Trinajstić information content (AvgIpc) is 2.38. The van der Waals surface area contributed by atoms with Crippen LogP contribution in [0.2, 0.25) is 5.02 Å². The number of nitrogens with one attached hydrogen (secondary N) is 1. The molecule has 2 rings (SSSR count). The van der Waals surface area contributed by atoms with Crippen LogP contribution in [-0.4, -0.2) is 7.05 Å². The van der Waals surface area contributed by atoms with Crippen molar-refractivity contribution < 1.29 is 8.78 Å². The van der Waals surface area contributed by atoms with E-state index in [2.05, 4.69) is 5.32 Å². The lowest BCUT2D eigenvalue weighted by Crippen LogP contribution is -2.19. The van der Waals surface area contributed by atoms with E-state index in [-0.39, 0.29) is 6.04 Å². The molecule has 0 aliphatic heterocycles. The molecular formula is C16H16ClF2N. The van der Waals surface area contributed by atoms with E-state index in [1.807, 2.05) is 25.1 Å². The molecule has 20 heavy (non-hydrogen) atoms. The highest BCUT2D eigenvalue weighted by atomic mass is 35.5. The van der Waals surface area contributed by atoms with Gasteiger partial charge >= 0.3 is 0 Å². The minimum absolute atomic E-state index is 0.0939. The maximum Gasteiger partial charge on any atom is 0.126 e. The maximum absolute atomic E-state index is 13.2. The number of likely N-dealkylation sites (N-methyl/N-ethyl adjacent to an activating group) is 1. The Kier molecular flexibility index (Phi) is 4.73. The first-order valence-electron chi connectivity index (χ1n) is 6.38. The molecule has 0 saturated heterocycles. The van der Waals surface area contributed by atoms with E-state index < -0.39 is 11.6 Å². The number of benzene rings is 2. The normalized spacial score (nSPS) is 12.4. The zero-order valence-electron chi connectivity index (χ0n) is 11.4. The number of hydrogen-bond acceptors (Lipinski definition) is 1. The number of hydrogen-bond donors (Lipinski definition) is 1. The third-order valence-corrected chi connectivity index (χ3v) is 3.82. The molecule has 106 valence electrons. The minimum Gasteiger partial charge on any atom is -0.313 e. The van der Waals surface area contributed by atoms with Crippen molar-refractivity contribution in [3.8, 4) is 0 Å². The molecule has 0 aliphatic rings. The van der Waals surface area contributed by atoms with Crippen LogP contribution in [0.3, 0.4) is 0 Å². The van der Waals surface area contributed by atoms with Gasteiger partial charge in [-0.05, 0) is 49.2 Å². The molecular weight excluding hydrogens is 280 g/mol. The summed E-state index contributed by atoms with van der Waals surface area (Å²) in [6.45, 7) is 1.93. The molecule has 0 amide bonds. The van der Waals surface area contributed by atoms with Crippen molar-refractivity contribution in [1.82, 2.24) is 5.32 Å². The van der Waals surface area contributed by atoms with E-state index in [4.69, 9.17) is 11.6 Å². The number of halogens is 3. The maximum atomic E-state index is 13.2. The van der Waals surface area contributed by atoms with Gasteiger partial charge in [-0.1, -0.05) is 29.8 Å². The van der Waals surface area contributed by atoms with E-state index in [1.165, 1.54) is 12.1 Å². The number of rotatable bonds is 4. The molecule has 2 aromatic rings. The molecule has 0 bridgehead atoms. The second kappa shape index (κ2) is 6.33. The van der Waals surface area contributed by atoms with Crippen molar-refractivity contribution in [2.75, 3.05) is 7.05 Å². The van der Waals surface area contributed by atoms with Crippen LogP contribution in [0.15, 0.2) is 36.4 Å². The fourth-order valence-corrected chi connectivity index (χ4v) is 2.53. The summed E-state index contributed by atoms with van der Waals surface area (Å²) in [5, 5.41) is 3.83. The van der Waals surface area contributed by atoms with Gasteiger partial charge in [0, 0.05) is 17.1 Å². The van der Waals surface area contributed by atoms with E-state index in [1.54, 1.807) is 7.05 Å². The SMILES string of the molecule is CNC(Cc1cc(F)cc(F)c1)c1cccc(C)c1Cl. The zero-order valence-corrected chi connectivity index (χ0v) is 12.1. The predicted molar refractivity (Wildman–Crippen MR) is 78.1 cm³/mol. The van der Waals surface area contributed by atoms with Crippen molar-refractivity contribution >= 4 is 11.6 Å². The Morgan fingerprint density at radius 3 is 2.40 bits per heavy atom. The molecule has 0 fully saturated rings. The second-order valence-corrected chi connectivity index (χ2v) is 5.18. The van der Waals surface area contributed by atoms with Gasteiger partial charge in [-0.25, -0.2) is 8.78 Å². The quantitative estimate of drug-likeness (QED) is 0.880. The van der Waals surface area contributed by atoms with Crippen LogP contribution >= 0.6 is 11.6 Å². The van der Waals surface area contributed by atoms with Gasteiger partial charge in [0.2, 0.25) is 0 Å². The summed E-state index contributed by atoms with van der Waals surface area (Å²) in [4.78, 5) is 0. The van der Waals surface area contributed by atoms with Gasteiger partial charge < -0.3 is 5.32 Å². The zero-order chi connectivity index (χ0) is 14.7. The lowest BCUT2D eigenvalue weighted by atomic mass is 9.97. The second-order valence-electron chi connectivity index (χ2n) is 4.80. The van der Waals surface area contributed by atoms with E-state index >= 15 is 0 Å². The Hall–Kier alpha value is -1.45. The Labute approximate surface area is 122 Å². The Morgan fingerprint density at radius 2 is 1.80 bits per heavy atom. The Balaban J connectivity index is 2.31. The monoisotopic (exact) mass is 295 g/mol. The Morgan fingerprint density at radius 1 is 1.15 bits per heavy atom. The highest BCUT2D eigenvalue weighted by molar-refractivity contribution is 6.32. The van der Waals surface area contributed by atoms with Crippen molar-refractivity contribution in [2.24, 2.45) is 0 Å². The van der Waals surface area contributed by atoms with Crippen LogP contribution in [0, 0.1) is 18.6 Å². The van der Waals surface area contributed by atoms with Crippen LogP contribution in [0.1, 0.15) is 22.7 Å². The lowest BCUT2D eigenvalue weighted by molar-refractivity contribution is 0.562. The summed E-state index contributed by atoms with van der Waals surface area (Å²) in [5.74, 6) is -1.13. The largest absolute Gasteiger partial charge is 0.313 e. The smallest absolute Gasteiger partial charge is 0.126 e. The first-order chi connectivity index (χ1) is 9.51. The minimum atomic E-state index is -0.565. The van der Waals surface area contributed by atoms with Gasteiger partial charge in [0.15, 0.2) is 0 Å². The molecule has 4 heteroatoms. The Bertz CT molecular complexity index is 593. The third-order valence-electron chi connectivity index (χ3n) is 3.31. The van der Waals surface area contributed by atoms with Crippen molar-refractivity contribution in [3.63, 3.8) is 0 Å². The van der Waals surface area contributed by atoms with Crippen molar-refractivity contribution in [1.29, 1.82) is 0 Å². The average molecular weight is 296 g/mol. The molecule has 0 radical (unpaired) electrons. The van der Waals surface area contributed by atoms with Gasteiger partial charge in [-0.2, -0.15) is 0 Å². The molecule has 1 N–H and O–H groups in total. The molecule has 0 heterocycles. The fourth-order valence-electron chi connectivity index (χ4n) is 2.27. The highest BCUT2D eigenvalue weighted by Crippen LogP contribution is 2.28. The summed E-state index contributed by atoms with van der Waals surface area (Å²) < 4.78 is 26.5. The molecule has 0 aromatic heterocycles. The van der Waals surface area contributed by atoms with Gasteiger partial charge in [-0.15, -0.1) is 0 Å². The van der Waals surface area contributed by atoms with Gasteiger partial charge in [0.05, 0.1) is 0 Å². The van der Waals surface area contributed by atoms with Crippen LogP contribution in [0.4, 0.5) is 8.78 Å². The summed E-state index contributed by atoms with van der Waals surface area (Å²) in [6.07, 6.45) is 0.467. The topological polar surface area (TPSA) is 12.0 Å². The van der Waals surface area contributed by atoms with E-state index in [0.717, 1.165) is 17.2 Å². The number of aryl methyl sites for hydroxylation is 1. The molecule has 0 aliphatic carbocycles. The van der Waals surface area contributed by atoms with E-state index in [9.17, 15) is 8.78 Å². The molecule has 1 atom stereocenters. The summed E-state index contributed by atoms with van der Waals surface area (Å²) >= 11 is 6.31. The van der Waals surface area contributed by atoms with Crippen molar-refractivity contribution in [2.45, 2.75) is 19.4 Å². The third kappa shape index (κ3) is 3.35. The molecule has 2 aromatic carbocycles. The van der Waals surface area contributed by atoms with Crippen LogP contribution in [0.25, 0.3) is 0 Å². The standard InChI is InChI=1S/C16H16ClF2N/c1-10-4-3-5-14(16(10)17)15(20-2)8-11-6-12(18)9-13(19)7-11/h3-7,9,15,20H,8H2,1-2H3. The van der Waals surface area contributed by atoms with Gasteiger partial charge in [-0.3, -0.25) is 0 Å². The molecule has 1 nitrogen and oxygen atoms in total. The predicted octanol–water partition coefficient (Wildman–Crippen LogP) is 4.43. The first-order valence-corrected chi connectivity index (χ1v) is 6.76. The van der Waals surface area contributed by atoms with Crippen LogP contribution in [0.5, 0.6) is 0 Å². The molecule has 0 saturated carbocycles. The van der Waals surface area contributed by atoms with Crippen LogP contribution < -0.4 is 5.32 Å². The summed E-state index contributed by atoms with van der Waals surface area (Å²) in [6, 6.07) is 9.24.